The predicted octanol–water partition coefficient (Wildman–Crippen LogP) is 2.33. The second-order valence-corrected chi connectivity index (χ2v) is 4.95. The van der Waals surface area contributed by atoms with Crippen LogP contribution in [-0.4, -0.2) is 31.7 Å². The molecule has 0 N–H and O–H groups in total. The molecule has 2 rings (SSSR count). The molecule has 1 aliphatic heterocycles. The van der Waals surface area contributed by atoms with Crippen LogP contribution < -0.4 is 0 Å². The van der Waals surface area contributed by atoms with Crippen molar-refractivity contribution in [2.24, 2.45) is 5.92 Å². The molecule has 3 nitrogen and oxygen atoms in total. The summed E-state index contributed by atoms with van der Waals surface area (Å²) in [4.78, 5) is 11.8. The van der Waals surface area contributed by atoms with Crippen LogP contribution in [0.15, 0.2) is 0 Å². The molecule has 2 aliphatic rings. The van der Waals surface area contributed by atoms with Gasteiger partial charge in [-0.3, -0.25) is 4.79 Å². The first kappa shape index (κ1) is 12.1. The Morgan fingerprint density at radius 1 is 1.12 bits per heavy atom. The summed E-state index contributed by atoms with van der Waals surface area (Å²) in [6.07, 6.45) is 8.63. The highest BCUT2D eigenvalue weighted by Gasteiger charge is 2.24. The maximum absolute atomic E-state index is 11.8. The fourth-order valence-electron chi connectivity index (χ4n) is 2.51. The van der Waals surface area contributed by atoms with Gasteiger partial charge in [0.05, 0.1) is 12.7 Å². The van der Waals surface area contributed by atoms with Crippen molar-refractivity contribution in [1.29, 1.82) is 0 Å². The Labute approximate surface area is 97.5 Å². The lowest BCUT2D eigenvalue weighted by Gasteiger charge is -2.15. The normalized spacial score (nSPS) is 27.9. The molecule has 0 bridgehead atoms. The average molecular weight is 226 g/mol. The monoisotopic (exact) mass is 226 g/mol. The highest BCUT2D eigenvalue weighted by atomic mass is 16.5. The van der Waals surface area contributed by atoms with Crippen molar-refractivity contribution < 1.29 is 14.3 Å². The van der Waals surface area contributed by atoms with Crippen LogP contribution >= 0.6 is 0 Å². The third kappa shape index (κ3) is 3.56. The van der Waals surface area contributed by atoms with E-state index >= 15 is 0 Å². The Balaban J connectivity index is 1.67. The summed E-state index contributed by atoms with van der Waals surface area (Å²) >= 11 is 0. The number of rotatable bonds is 4. The van der Waals surface area contributed by atoms with Gasteiger partial charge in [-0.1, -0.05) is 25.7 Å². The first-order chi connectivity index (χ1) is 7.86. The highest BCUT2D eigenvalue weighted by Crippen LogP contribution is 2.20. The van der Waals surface area contributed by atoms with E-state index in [4.69, 9.17) is 9.47 Å². The lowest BCUT2D eigenvalue weighted by Crippen LogP contribution is -2.24. The Hall–Kier alpha value is -0.410. The molecule has 92 valence electrons. The molecule has 1 unspecified atom stereocenters. The SMILES string of the molecule is O=C(COC1CCCCCC1)C1CCOC1. The van der Waals surface area contributed by atoms with Gasteiger partial charge in [0.25, 0.3) is 0 Å². The van der Waals surface area contributed by atoms with Gasteiger partial charge in [0.15, 0.2) is 5.78 Å². The number of hydrogen-bond donors (Lipinski definition) is 0. The highest BCUT2D eigenvalue weighted by molar-refractivity contribution is 5.82. The molecule has 0 aromatic carbocycles. The summed E-state index contributed by atoms with van der Waals surface area (Å²) in [5, 5.41) is 0. The summed E-state index contributed by atoms with van der Waals surface area (Å²) in [5.41, 5.74) is 0. The van der Waals surface area contributed by atoms with Crippen molar-refractivity contribution in [3.63, 3.8) is 0 Å². The van der Waals surface area contributed by atoms with Crippen molar-refractivity contribution in [2.75, 3.05) is 19.8 Å². The van der Waals surface area contributed by atoms with Crippen molar-refractivity contribution in [3.8, 4) is 0 Å². The van der Waals surface area contributed by atoms with E-state index < -0.39 is 0 Å². The summed E-state index contributed by atoms with van der Waals surface area (Å²) in [6.45, 7) is 1.64. The smallest absolute Gasteiger partial charge is 0.163 e. The minimum atomic E-state index is 0.103. The molecule has 16 heavy (non-hydrogen) atoms. The second-order valence-electron chi connectivity index (χ2n) is 4.95. The fourth-order valence-corrected chi connectivity index (χ4v) is 2.51. The van der Waals surface area contributed by atoms with Crippen LogP contribution in [0.2, 0.25) is 0 Å². The van der Waals surface area contributed by atoms with E-state index in [2.05, 4.69) is 0 Å². The summed E-state index contributed by atoms with van der Waals surface area (Å²) in [7, 11) is 0. The number of carbonyl (C=O) groups excluding carboxylic acids is 1. The van der Waals surface area contributed by atoms with Crippen LogP contribution in [0.3, 0.4) is 0 Å². The summed E-state index contributed by atoms with van der Waals surface area (Å²) in [5.74, 6) is 0.340. The molecule has 0 amide bonds. The fraction of sp³-hybridized carbons (Fsp3) is 0.923. The zero-order chi connectivity index (χ0) is 11.2. The van der Waals surface area contributed by atoms with Gasteiger partial charge < -0.3 is 9.47 Å². The maximum Gasteiger partial charge on any atom is 0.163 e. The van der Waals surface area contributed by atoms with E-state index in [0.717, 1.165) is 25.9 Å². The van der Waals surface area contributed by atoms with Gasteiger partial charge in [0.1, 0.15) is 6.61 Å². The minimum absolute atomic E-state index is 0.103. The van der Waals surface area contributed by atoms with Gasteiger partial charge in [-0.05, 0) is 19.3 Å². The number of ketones is 1. The van der Waals surface area contributed by atoms with Crippen molar-refractivity contribution >= 4 is 5.78 Å². The molecular weight excluding hydrogens is 204 g/mol. The topological polar surface area (TPSA) is 35.5 Å². The lowest BCUT2D eigenvalue weighted by atomic mass is 10.0. The Morgan fingerprint density at radius 3 is 2.50 bits per heavy atom. The van der Waals surface area contributed by atoms with Gasteiger partial charge >= 0.3 is 0 Å². The number of Topliss-reactive ketones (excluding diaryl/α,β-unsaturated/α-hetero) is 1. The maximum atomic E-state index is 11.8. The standard InChI is InChI=1S/C13H22O3/c14-13(11-7-8-15-9-11)10-16-12-5-3-1-2-4-6-12/h11-12H,1-10H2. The largest absolute Gasteiger partial charge is 0.381 e. The van der Waals surface area contributed by atoms with Crippen LogP contribution in [0.1, 0.15) is 44.9 Å². The van der Waals surface area contributed by atoms with Gasteiger partial charge in [-0.15, -0.1) is 0 Å². The molecule has 1 saturated heterocycles. The van der Waals surface area contributed by atoms with Crippen LogP contribution in [0.4, 0.5) is 0 Å². The molecule has 1 aliphatic carbocycles. The van der Waals surface area contributed by atoms with E-state index in [1.54, 1.807) is 0 Å². The predicted molar refractivity (Wildman–Crippen MR) is 61.4 cm³/mol. The lowest BCUT2D eigenvalue weighted by molar-refractivity contribution is -0.129. The molecule has 2 fully saturated rings. The molecule has 1 heterocycles. The molecular formula is C13H22O3. The third-order valence-corrected chi connectivity index (χ3v) is 3.65. The molecule has 0 radical (unpaired) electrons. The van der Waals surface area contributed by atoms with Crippen molar-refractivity contribution in [1.82, 2.24) is 0 Å². The first-order valence-corrected chi connectivity index (χ1v) is 6.58. The van der Waals surface area contributed by atoms with Crippen molar-refractivity contribution in [3.05, 3.63) is 0 Å². The number of ether oxygens (including phenoxy) is 2. The molecule has 1 atom stereocenters. The van der Waals surface area contributed by atoms with Gasteiger partial charge in [0, 0.05) is 12.5 Å². The van der Waals surface area contributed by atoms with E-state index in [1.807, 2.05) is 0 Å². The van der Waals surface area contributed by atoms with Crippen LogP contribution in [-0.2, 0) is 14.3 Å². The van der Waals surface area contributed by atoms with E-state index in [1.165, 1.54) is 25.7 Å². The van der Waals surface area contributed by atoms with Gasteiger partial charge in [-0.25, -0.2) is 0 Å². The molecule has 0 spiro atoms. The van der Waals surface area contributed by atoms with Crippen LogP contribution in [0.5, 0.6) is 0 Å². The number of hydrogen-bond acceptors (Lipinski definition) is 3. The van der Waals surface area contributed by atoms with E-state index in [0.29, 0.717) is 19.3 Å². The Bertz CT molecular complexity index is 213. The van der Waals surface area contributed by atoms with E-state index in [9.17, 15) is 4.79 Å². The van der Waals surface area contributed by atoms with E-state index in [-0.39, 0.29) is 11.7 Å². The zero-order valence-electron chi connectivity index (χ0n) is 9.95. The second kappa shape index (κ2) is 6.36. The molecule has 1 saturated carbocycles. The van der Waals surface area contributed by atoms with Gasteiger partial charge in [-0.2, -0.15) is 0 Å². The summed E-state index contributed by atoms with van der Waals surface area (Å²) < 4.78 is 10.9. The minimum Gasteiger partial charge on any atom is -0.381 e. The Kier molecular flexibility index (Phi) is 4.79. The average Bonchev–Trinajstić information content (AvgIpc) is 2.71. The third-order valence-electron chi connectivity index (χ3n) is 3.65. The molecule has 3 heteroatoms. The molecule has 0 aromatic heterocycles. The number of carbonyl (C=O) groups is 1. The molecule has 0 aromatic rings. The van der Waals surface area contributed by atoms with Gasteiger partial charge in [0.2, 0.25) is 0 Å². The van der Waals surface area contributed by atoms with Crippen LogP contribution in [0.25, 0.3) is 0 Å². The quantitative estimate of drug-likeness (QED) is 0.690. The Morgan fingerprint density at radius 2 is 1.88 bits per heavy atom. The van der Waals surface area contributed by atoms with Crippen molar-refractivity contribution in [2.45, 2.75) is 51.0 Å². The first-order valence-electron chi connectivity index (χ1n) is 6.58. The zero-order valence-corrected chi connectivity index (χ0v) is 9.95. The van der Waals surface area contributed by atoms with Crippen LogP contribution in [0, 0.1) is 5.92 Å². The summed E-state index contributed by atoms with van der Waals surface area (Å²) in [6, 6.07) is 0.